The smallest absolute Gasteiger partial charge is 0.342 e. The van der Waals surface area contributed by atoms with Crippen molar-refractivity contribution < 1.29 is 23.7 Å². The third kappa shape index (κ3) is 5.26. The van der Waals surface area contributed by atoms with E-state index in [1.54, 1.807) is 25.3 Å². The first kappa shape index (κ1) is 24.2. The molecule has 0 aliphatic rings. The van der Waals surface area contributed by atoms with Crippen LogP contribution in [0.1, 0.15) is 34.8 Å². The molecule has 0 atom stereocenters. The molecule has 4 aromatic rings. The maximum atomic E-state index is 13.0. The monoisotopic (exact) mass is 510 g/mol. The lowest BCUT2D eigenvalue weighted by molar-refractivity contribution is -0.384. The Balaban J connectivity index is 1.62. The lowest BCUT2D eigenvalue weighted by Gasteiger charge is -2.11. The average molecular weight is 511 g/mol. The molecule has 0 aliphatic heterocycles. The number of esters is 1. The highest BCUT2D eigenvalue weighted by molar-refractivity contribution is 7.15. The third-order valence-electron chi connectivity index (χ3n) is 4.91. The number of nitrogens with one attached hydrogen (secondary N) is 1. The Bertz CT molecular complexity index is 1410. The van der Waals surface area contributed by atoms with E-state index in [0.717, 1.165) is 5.56 Å². The van der Waals surface area contributed by atoms with Crippen LogP contribution < -0.4 is 5.32 Å². The minimum Gasteiger partial charge on any atom is -0.459 e. The number of nitro benzene ring substituents is 1. The van der Waals surface area contributed by atoms with E-state index >= 15 is 0 Å². The fourth-order valence-electron chi connectivity index (χ4n) is 3.34. The number of nitro groups is 1. The number of benzene rings is 2. The summed E-state index contributed by atoms with van der Waals surface area (Å²) < 4.78 is 11.1. The number of nitrogens with zero attached hydrogens (tertiary/aromatic N) is 1. The van der Waals surface area contributed by atoms with Gasteiger partial charge in [0, 0.05) is 28.6 Å². The van der Waals surface area contributed by atoms with Gasteiger partial charge in [-0.15, -0.1) is 11.3 Å². The lowest BCUT2D eigenvalue weighted by atomic mass is 10.0. The second-order valence-corrected chi connectivity index (χ2v) is 9.00. The summed E-state index contributed by atoms with van der Waals surface area (Å²) in [5, 5.41) is 15.9. The predicted octanol–water partition coefficient (Wildman–Crippen LogP) is 7.05. The lowest BCUT2D eigenvalue weighted by Crippen LogP contribution is -2.16. The van der Waals surface area contributed by atoms with E-state index in [2.05, 4.69) is 5.32 Å². The summed E-state index contributed by atoms with van der Waals surface area (Å²) >= 11 is 7.37. The van der Waals surface area contributed by atoms with Gasteiger partial charge in [0.15, 0.2) is 5.76 Å². The second-order valence-electron chi connectivity index (χ2n) is 7.71. The Hall–Kier alpha value is -3.95. The molecular formula is C25H19ClN2O6S. The number of rotatable bonds is 7. The minimum absolute atomic E-state index is 0.0211. The van der Waals surface area contributed by atoms with Gasteiger partial charge in [-0.1, -0.05) is 41.9 Å². The molecule has 0 saturated carbocycles. The van der Waals surface area contributed by atoms with Crippen LogP contribution >= 0.6 is 22.9 Å². The zero-order valence-electron chi connectivity index (χ0n) is 18.6. The van der Waals surface area contributed by atoms with Gasteiger partial charge in [-0.2, -0.15) is 0 Å². The Labute approximate surface area is 209 Å². The summed E-state index contributed by atoms with van der Waals surface area (Å²) in [6, 6.07) is 16.3. The molecule has 1 N–H and O–H groups in total. The van der Waals surface area contributed by atoms with Crippen molar-refractivity contribution in [2.45, 2.75) is 20.0 Å². The third-order valence-corrected chi connectivity index (χ3v) is 6.12. The first-order valence-electron chi connectivity index (χ1n) is 10.5. The Morgan fingerprint density at radius 2 is 1.83 bits per heavy atom. The van der Waals surface area contributed by atoms with Crippen LogP contribution in [-0.2, 0) is 4.74 Å². The Morgan fingerprint density at radius 1 is 1.09 bits per heavy atom. The zero-order valence-corrected chi connectivity index (χ0v) is 20.2. The summed E-state index contributed by atoms with van der Waals surface area (Å²) in [6.07, 6.45) is -0.339. The minimum atomic E-state index is -0.575. The molecule has 0 bridgehead atoms. The first-order valence-corrected chi connectivity index (χ1v) is 11.7. The molecule has 0 saturated heterocycles. The maximum absolute atomic E-state index is 13.0. The summed E-state index contributed by atoms with van der Waals surface area (Å²) in [5.41, 5.74) is 1.96. The highest BCUT2D eigenvalue weighted by Crippen LogP contribution is 2.37. The van der Waals surface area contributed by atoms with E-state index in [4.69, 9.17) is 20.8 Å². The number of furan rings is 1. The van der Waals surface area contributed by atoms with Crippen molar-refractivity contribution in [3.05, 3.63) is 92.5 Å². The van der Waals surface area contributed by atoms with E-state index < -0.39 is 16.8 Å². The molecular weight excluding hydrogens is 492 g/mol. The molecule has 4 rings (SSSR count). The molecule has 0 radical (unpaired) electrons. The molecule has 10 heteroatoms. The number of carbonyl (C=O) groups is 2. The van der Waals surface area contributed by atoms with E-state index in [1.165, 1.54) is 35.6 Å². The molecule has 0 aliphatic carbocycles. The number of hydrogen-bond acceptors (Lipinski definition) is 7. The molecule has 2 aromatic heterocycles. The Kier molecular flexibility index (Phi) is 6.99. The van der Waals surface area contributed by atoms with Crippen LogP contribution in [0, 0.1) is 10.1 Å². The van der Waals surface area contributed by atoms with Gasteiger partial charge in [-0.25, -0.2) is 4.79 Å². The van der Waals surface area contributed by atoms with E-state index in [1.807, 2.05) is 30.3 Å². The van der Waals surface area contributed by atoms with Gasteiger partial charge in [-0.05, 0) is 37.6 Å². The summed E-state index contributed by atoms with van der Waals surface area (Å²) in [5.74, 6) is -0.875. The standard InChI is InChI=1S/C25H19ClN2O6S/c1-14(2)33-25(30)22-18(15-6-4-3-5-7-15)13-35-24(22)27-23(29)21-11-10-20(34-21)17-9-8-16(28(31)32)12-19(17)26/h3-14H,1-2H3,(H,27,29). The van der Waals surface area contributed by atoms with Gasteiger partial charge >= 0.3 is 5.97 Å². The maximum Gasteiger partial charge on any atom is 0.342 e. The van der Waals surface area contributed by atoms with Crippen molar-refractivity contribution in [3.8, 4) is 22.5 Å². The second kappa shape index (κ2) is 10.1. The van der Waals surface area contributed by atoms with Gasteiger partial charge in [-0.3, -0.25) is 14.9 Å². The van der Waals surface area contributed by atoms with E-state index in [9.17, 15) is 19.7 Å². The van der Waals surface area contributed by atoms with Crippen LogP contribution in [0.4, 0.5) is 10.7 Å². The number of hydrogen-bond donors (Lipinski definition) is 1. The van der Waals surface area contributed by atoms with Crippen LogP contribution in [0.2, 0.25) is 5.02 Å². The van der Waals surface area contributed by atoms with Crippen molar-refractivity contribution in [2.75, 3.05) is 5.32 Å². The van der Waals surface area contributed by atoms with Crippen molar-refractivity contribution in [1.82, 2.24) is 0 Å². The first-order chi connectivity index (χ1) is 16.7. The van der Waals surface area contributed by atoms with Crippen LogP contribution in [0.5, 0.6) is 0 Å². The SMILES string of the molecule is CC(C)OC(=O)c1c(-c2ccccc2)csc1NC(=O)c1ccc(-c2ccc([N+](=O)[O-])cc2Cl)o1. The fraction of sp³-hybridized carbons (Fsp3) is 0.120. The fourth-order valence-corrected chi connectivity index (χ4v) is 4.56. The van der Waals surface area contributed by atoms with Crippen molar-refractivity contribution >= 4 is 45.5 Å². The molecule has 0 fully saturated rings. The number of anilines is 1. The van der Waals surface area contributed by atoms with Gasteiger partial charge in [0.05, 0.1) is 16.0 Å². The largest absolute Gasteiger partial charge is 0.459 e. The van der Waals surface area contributed by atoms with Gasteiger partial charge in [0.25, 0.3) is 11.6 Å². The predicted molar refractivity (Wildman–Crippen MR) is 134 cm³/mol. The van der Waals surface area contributed by atoms with Gasteiger partial charge in [0.2, 0.25) is 0 Å². The molecule has 2 aromatic carbocycles. The average Bonchev–Trinajstić information content (AvgIpc) is 3.47. The van der Waals surface area contributed by atoms with Crippen molar-refractivity contribution in [1.29, 1.82) is 0 Å². The molecule has 8 nitrogen and oxygen atoms in total. The van der Waals surface area contributed by atoms with Crippen molar-refractivity contribution in [2.24, 2.45) is 0 Å². The number of ether oxygens (including phenoxy) is 1. The van der Waals surface area contributed by atoms with Crippen LogP contribution in [-0.4, -0.2) is 22.9 Å². The van der Waals surface area contributed by atoms with Gasteiger partial charge < -0.3 is 14.5 Å². The highest BCUT2D eigenvalue weighted by atomic mass is 35.5. The molecule has 1 amide bonds. The quantitative estimate of drug-likeness (QED) is 0.162. The normalized spacial score (nSPS) is 10.9. The summed E-state index contributed by atoms with van der Waals surface area (Å²) in [4.78, 5) is 36.2. The summed E-state index contributed by atoms with van der Waals surface area (Å²) in [7, 11) is 0. The van der Waals surface area contributed by atoms with Crippen LogP contribution in [0.15, 0.2) is 70.5 Å². The molecule has 178 valence electrons. The summed E-state index contributed by atoms with van der Waals surface area (Å²) in [6.45, 7) is 3.50. The molecule has 0 spiro atoms. The van der Waals surface area contributed by atoms with Crippen LogP contribution in [0.3, 0.4) is 0 Å². The van der Waals surface area contributed by atoms with Gasteiger partial charge in [0.1, 0.15) is 16.3 Å². The number of non-ortho nitro benzene ring substituents is 1. The topological polar surface area (TPSA) is 112 Å². The zero-order chi connectivity index (χ0) is 25.1. The number of thiophene rings is 1. The number of carbonyl (C=O) groups excluding carboxylic acids is 2. The van der Waals surface area contributed by atoms with E-state index in [-0.39, 0.29) is 33.9 Å². The van der Waals surface area contributed by atoms with Crippen molar-refractivity contribution in [3.63, 3.8) is 0 Å². The molecule has 0 unspecified atom stereocenters. The van der Waals surface area contributed by atoms with Crippen LogP contribution in [0.25, 0.3) is 22.5 Å². The van der Waals surface area contributed by atoms with E-state index in [0.29, 0.717) is 16.1 Å². The highest BCUT2D eigenvalue weighted by Gasteiger charge is 2.25. The molecule has 2 heterocycles. The number of halogens is 1. The molecule has 35 heavy (non-hydrogen) atoms. The number of amides is 1. The Morgan fingerprint density at radius 3 is 2.49 bits per heavy atom.